The van der Waals surface area contributed by atoms with Gasteiger partial charge >= 0.3 is 5.97 Å². The molecule has 7 heteroatoms. The molecule has 0 unspecified atom stereocenters. The third kappa shape index (κ3) is 3.20. The number of halogens is 3. The summed E-state index contributed by atoms with van der Waals surface area (Å²) >= 11 is 9.31. The minimum atomic E-state index is -0.670. The molecule has 4 nitrogen and oxygen atoms in total. The summed E-state index contributed by atoms with van der Waals surface area (Å²) in [4.78, 5) is 16.1. The average Bonchev–Trinajstić information content (AvgIpc) is 2.92. The van der Waals surface area contributed by atoms with E-state index in [9.17, 15) is 9.18 Å². The highest BCUT2D eigenvalue weighted by molar-refractivity contribution is 9.10. The van der Waals surface area contributed by atoms with Crippen LogP contribution >= 0.6 is 27.5 Å². The summed E-state index contributed by atoms with van der Waals surface area (Å²) in [5.41, 5.74) is 0.648. The van der Waals surface area contributed by atoms with Gasteiger partial charge in [-0.25, -0.2) is 14.2 Å². The number of hydrogen-bond acceptors (Lipinski definition) is 4. The van der Waals surface area contributed by atoms with Crippen LogP contribution in [0.25, 0.3) is 6.08 Å². The van der Waals surface area contributed by atoms with Gasteiger partial charge in [-0.1, -0.05) is 17.7 Å². The molecule has 1 aliphatic rings. The number of hydrogen-bond donors (Lipinski definition) is 0. The Balaban J connectivity index is 1.99. The topological polar surface area (TPSA) is 47.9 Å². The number of benzene rings is 2. The summed E-state index contributed by atoms with van der Waals surface area (Å²) in [6, 6.07) is 9.40. The smallest absolute Gasteiger partial charge is 0.363 e. The SMILES string of the molecule is COc1ccc(C2=NC(=Cc3c(F)cccc3Cl)C(=O)O2)cc1Br. The summed E-state index contributed by atoms with van der Waals surface area (Å²) in [6.45, 7) is 0. The summed E-state index contributed by atoms with van der Waals surface area (Å²) in [5, 5.41) is 0.186. The first kappa shape index (κ1) is 16.7. The fraction of sp³-hybridized carbons (Fsp3) is 0.0588. The third-order valence-electron chi connectivity index (χ3n) is 3.30. The van der Waals surface area contributed by atoms with Gasteiger partial charge in [-0.3, -0.25) is 0 Å². The molecule has 2 aromatic carbocycles. The standard InChI is InChI=1S/C17H10BrClFNO3/c1-23-15-6-5-9(7-11(15)18)16-21-14(17(22)24-16)8-10-12(19)3-2-4-13(10)20/h2-8H,1H3. The van der Waals surface area contributed by atoms with E-state index in [1.807, 2.05) is 0 Å². The number of nitrogens with zero attached hydrogens (tertiary/aromatic N) is 1. The van der Waals surface area contributed by atoms with E-state index in [4.69, 9.17) is 21.1 Å². The van der Waals surface area contributed by atoms with Crippen molar-refractivity contribution in [1.29, 1.82) is 0 Å². The maximum atomic E-state index is 13.8. The Kier molecular flexibility index (Phi) is 4.69. The van der Waals surface area contributed by atoms with Crippen LogP contribution in [0.2, 0.25) is 5.02 Å². The van der Waals surface area contributed by atoms with Crippen molar-refractivity contribution < 1.29 is 18.7 Å². The van der Waals surface area contributed by atoms with Crippen LogP contribution in [0.5, 0.6) is 5.75 Å². The van der Waals surface area contributed by atoms with Gasteiger partial charge in [0.05, 0.1) is 16.6 Å². The van der Waals surface area contributed by atoms with Crippen LogP contribution < -0.4 is 4.74 Å². The molecule has 122 valence electrons. The summed E-state index contributed by atoms with van der Waals surface area (Å²) in [6.07, 6.45) is 1.27. The molecule has 0 aliphatic carbocycles. The van der Waals surface area contributed by atoms with E-state index in [0.717, 1.165) is 0 Å². The molecule has 0 saturated heterocycles. The molecule has 0 radical (unpaired) electrons. The fourth-order valence-electron chi connectivity index (χ4n) is 2.12. The molecule has 0 aromatic heterocycles. The molecule has 1 heterocycles. The third-order valence-corrected chi connectivity index (χ3v) is 4.25. The van der Waals surface area contributed by atoms with Crippen LogP contribution in [0.15, 0.2) is 51.6 Å². The lowest BCUT2D eigenvalue weighted by Crippen LogP contribution is -2.05. The lowest BCUT2D eigenvalue weighted by molar-refractivity contribution is -0.129. The van der Waals surface area contributed by atoms with E-state index in [1.165, 1.54) is 24.3 Å². The number of carbonyl (C=O) groups is 1. The van der Waals surface area contributed by atoms with Gasteiger partial charge in [-0.2, -0.15) is 0 Å². The second kappa shape index (κ2) is 6.75. The van der Waals surface area contributed by atoms with Crippen molar-refractivity contribution in [2.24, 2.45) is 4.99 Å². The van der Waals surface area contributed by atoms with E-state index >= 15 is 0 Å². The van der Waals surface area contributed by atoms with Crippen molar-refractivity contribution >= 4 is 45.5 Å². The molecule has 0 saturated carbocycles. The van der Waals surface area contributed by atoms with Gasteiger partial charge in [0.15, 0.2) is 5.70 Å². The summed E-state index contributed by atoms with van der Waals surface area (Å²) in [5.74, 6) is -0.449. The minimum absolute atomic E-state index is 0.0241. The van der Waals surface area contributed by atoms with Gasteiger partial charge < -0.3 is 9.47 Å². The Morgan fingerprint density at radius 1 is 1.33 bits per heavy atom. The van der Waals surface area contributed by atoms with E-state index in [-0.39, 0.29) is 22.2 Å². The molecule has 0 bridgehead atoms. The van der Waals surface area contributed by atoms with Crippen LogP contribution in [0, 0.1) is 5.82 Å². The number of ether oxygens (including phenoxy) is 2. The molecule has 2 aromatic rings. The summed E-state index contributed by atoms with van der Waals surface area (Å²) in [7, 11) is 1.55. The van der Waals surface area contributed by atoms with E-state index < -0.39 is 11.8 Å². The Morgan fingerprint density at radius 2 is 2.12 bits per heavy atom. The fourth-order valence-corrected chi connectivity index (χ4v) is 2.88. The van der Waals surface area contributed by atoms with E-state index in [1.54, 1.807) is 25.3 Å². The molecule has 0 amide bonds. The van der Waals surface area contributed by atoms with Crippen LogP contribution in [-0.4, -0.2) is 19.0 Å². The zero-order valence-electron chi connectivity index (χ0n) is 12.3. The number of esters is 1. The van der Waals surface area contributed by atoms with Crippen LogP contribution in [0.1, 0.15) is 11.1 Å². The van der Waals surface area contributed by atoms with Crippen molar-refractivity contribution in [3.8, 4) is 5.75 Å². The van der Waals surface area contributed by atoms with Crippen molar-refractivity contribution in [3.05, 3.63) is 68.5 Å². The predicted molar refractivity (Wildman–Crippen MR) is 92.7 cm³/mol. The highest BCUT2D eigenvalue weighted by atomic mass is 79.9. The van der Waals surface area contributed by atoms with Crippen molar-refractivity contribution in [2.45, 2.75) is 0 Å². The number of carbonyl (C=O) groups excluding carboxylic acids is 1. The molecule has 24 heavy (non-hydrogen) atoms. The first-order chi connectivity index (χ1) is 11.5. The molecular weight excluding hydrogens is 401 g/mol. The van der Waals surface area contributed by atoms with Gasteiger partial charge in [-0.05, 0) is 52.3 Å². The second-order valence-corrected chi connectivity index (χ2v) is 6.08. The number of methoxy groups -OCH3 is 1. The zero-order chi connectivity index (χ0) is 17.3. The molecular formula is C17H10BrClFNO3. The normalized spacial score (nSPS) is 15.4. The Morgan fingerprint density at radius 3 is 2.79 bits per heavy atom. The Labute approximate surface area is 150 Å². The van der Waals surface area contributed by atoms with Gasteiger partial charge in [0.25, 0.3) is 0 Å². The number of cyclic esters (lactones) is 1. The quantitative estimate of drug-likeness (QED) is 0.549. The number of rotatable bonds is 3. The van der Waals surface area contributed by atoms with Gasteiger partial charge in [-0.15, -0.1) is 0 Å². The van der Waals surface area contributed by atoms with E-state index in [2.05, 4.69) is 20.9 Å². The first-order valence-corrected chi connectivity index (χ1v) is 7.97. The Bertz CT molecular complexity index is 875. The van der Waals surface area contributed by atoms with Crippen molar-refractivity contribution in [1.82, 2.24) is 0 Å². The van der Waals surface area contributed by atoms with Crippen molar-refractivity contribution in [3.63, 3.8) is 0 Å². The molecule has 1 aliphatic heterocycles. The largest absolute Gasteiger partial charge is 0.496 e. The Hall–Kier alpha value is -2.18. The highest BCUT2D eigenvalue weighted by Gasteiger charge is 2.25. The van der Waals surface area contributed by atoms with Gasteiger partial charge in [0.1, 0.15) is 11.6 Å². The highest BCUT2D eigenvalue weighted by Crippen LogP contribution is 2.29. The van der Waals surface area contributed by atoms with Gasteiger partial charge in [0.2, 0.25) is 5.90 Å². The summed E-state index contributed by atoms with van der Waals surface area (Å²) < 4.78 is 24.8. The van der Waals surface area contributed by atoms with Crippen LogP contribution in [0.3, 0.4) is 0 Å². The van der Waals surface area contributed by atoms with Gasteiger partial charge in [0, 0.05) is 11.1 Å². The minimum Gasteiger partial charge on any atom is -0.496 e. The molecule has 0 N–H and O–H groups in total. The van der Waals surface area contributed by atoms with Crippen LogP contribution in [-0.2, 0) is 9.53 Å². The molecule has 0 fully saturated rings. The molecule has 0 spiro atoms. The van der Waals surface area contributed by atoms with Crippen molar-refractivity contribution in [2.75, 3.05) is 7.11 Å². The molecule has 3 rings (SSSR count). The maximum absolute atomic E-state index is 13.8. The zero-order valence-corrected chi connectivity index (χ0v) is 14.7. The lowest BCUT2D eigenvalue weighted by Gasteiger charge is -2.05. The first-order valence-electron chi connectivity index (χ1n) is 6.80. The number of aliphatic imine (C=N–C) groups is 1. The monoisotopic (exact) mass is 409 g/mol. The van der Waals surface area contributed by atoms with Crippen LogP contribution in [0.4, 0.5) is 4.39 Å². The molecule has 0 atom stereocenters. The second-order valence-electron chi connectivity index (χ2n) is 4.82. The maximum Gasteiger partial charge on any atom is 0.363 e. The lowest BCUT2D eigenvalue weighted by atomic mass is 10.2. The van der Waals surface area contributed by atoms with E-state index in [0.29, 0.717) is 15.8 Å². The predicted octanol–water partition coefficient (Wildman–Crippen LogP) is 4.59. The average molecular weight is 411 g/mol.